The van der Waals surface area contributed by atoms with E-state index < -0.39 is 0 Å². The number of nitrogens with zero attached hydrogens (tertiary/aromatic N) is 1. The number of thiophene rings is 1. The maximum atomic E-state index is 13.3. The molecule has 5 heteroatoms. The standard InChI is InChI=1S/C20H19NO3S/c1-23-16-8-5-7-15(13-16)21(14-17-9-6-12-25-17)20(22)18-10-3-4-11-19(18)24-2/h3-13H,14H2,1-2H3. The zero-order valence-corrected chi connectivity index (χ0v) is 15.0. The smallest absolute Gasteiger partial charge is 0.262 e. The Morgan fingerprint density at radius 1 is 1.00 bits per heavy atom. The molecule has 0 atom stereocenters. The topological polar surface area (TPSA) is 38.8 Å². The van der Waals surface area contributed by atoms with Gasteiger partial charge in [-0.25, -0.2) is 0 Å². The highest BCUT2D eigenvalue weighted by molar-refractivity contribution is 7.09. The highest BCUT2D eigenvalue weighted by Crippen LogP contribution is 2.28. The molecule has 4 nitrogen and oxygen atoms in total. The van der Waals surface area contributed by atoms with Crippen LogP contribution in [0.3, 0.4) is 0 Å². The number of benzene rings is 2. The summed E-state index contributed by atoms with van der Waals surface area (Å²) in [5, 5.41) is 2.01. The zero-order chi connectivity index (χ0) is 17.6. The van der Waals surface area contributed by atoms with Crippen LogP contribution in [0.5, 0.6) is 11.5 Å². The van der Waals surface area contributed by atoms with Gasteiger partial charge in [0.25, 0.3) is 5.91 Å². The predicted molar refractivity (Wildman–Crippen MR) is 101 cm³/mol. The van der Waals surface area contributed by atoms with E-state index in [2.05, 4.69) is 0 Å². The fraction of sp³-hybridized carbons (Fsp3) is 0.150. The highest BCUT2D eigenvalue weighted by Gasteiger charge is 2.22. The third-order valence-corrected chi connectivity index (χ3v) is 4.70. The number of carbonyl (C=O) groups excluding carboxylic acids is 1. The lowest BCUT2D eigenvalue weighted by Gasteiger charge is -2.23. The van der Waals surface area contributed by atoms with Crippen molar-refractivity contribution >= 4 is 22.9 Å². The maximum absolute atomic E-state index is 13.3. The van der Waals surface area contributed by atoms with Crippen molar-refractivity contribution in [3.8, 4) is 11.5 Å². The largest absolute Gasteiger partial charge is 0.497 e. The highest BCUT2D eigenvalue weighted by atomic mass is 32.1. The maximum Gasteiger partial charge on any atom is 0.262 e. The normalized spacial score (nSPS) is 10.3. The number of methoxy groups -OCH3 is 2. The van der Waals surface area contributed by atoms with Crippen molar-refractivity contribution in [1.82, 2.24) is 0 Å². The zero-order valence-electron chi connectivity index (χ0n) is 14.1. The number of hydrogen-bond donors (Lipinski definition) is 0. The van der Waals surface area contributed by atoms with E-state index in [0.717, 1.165) is 10.6 Å². The minimum Gasteiger partial charge on any atom is -0.497 e. The Labute approximate surface area is 151 Å². The fourth-order valence-electron chi connectivity index (χ4n) is 2.58. The average molecular weight is 353 g/mol. The molecule has 3 aromatic rings. The molecule has 0 radical (unpaired) electrons. The molecular formula is C20H19NO3S. The van der Waals surface area contributed by atoms with Crippen LogP contribution in [-0.2, 0) is 6.54 Å². The van der Waals surface area contributed by atoms with Crippen molar-refractivity contribution in [3.05, 3.63) is 76.5 Å². The number of para-hydroxylation sites is 1. The average Bonchev–Trinajstić information content (AvgIpc) is 3.19. The summed E-state index contributed by atoms with van der Waals surface area (Å²) in [5.74, 6) is 1.16. The van der Waals surface area contributed by atoms with Gasteiger partial charge in [-0.3, -0.25) is 4.79 Å². The molecule has 0 aliphatic carbocycles. The molecule has 2 aromatic carbocycles. The van der Waals surface area contributed by atoms with E-state index in [9.17, 15) is 4.79 Å². The Bertz CT molecular complexity index is 846. The summed E-state index contributed by atoms with van der Waals surface area (Å²) >= 11 is 1.62. The third-order valence-electron chi connectivity index (χ3n) is 3.84. The van der Waals surface area contributed by atoms with Crippen LogP contribution in [0.25, 0.3) is 0 Å². The van der Waals surface area contributed by atoms with E-state index in [0.29, 0.717) is 23.6 Å². The van der Waals surface area contributed by atoms with Gasteiger partial charge in [-0.2, -0.15) is 0 Å². The van der Waals surface area contributed by atoms with Crippen LogP contribution >= 0.6 is 11.3 Å². The second kappa shape index (κ2) is 7.85. The van der Waals surface area contributed by atoms with Gasteiger partial charge >= 0.3 is 0 Å². The monoisotopic (exact) mass is 353 g/mol. The molecule has 0 aliphatic rings. The molecule has 0 unspecified atom stereocenters. The number of amides is 1. The van der Waals surface area contributed by atoms with Crippen molar-refractivity contribution in [2.24, 2.45) is 0 Å². The van der Waals surface area contributed by atoms with Gasteiger partial charge in [-0.05, 0) is 35.7 Å². The summed E-state index contributed by atoms with van der Waals surface area (Å²) in [4.78, 5) is 16.1. The van der Waals surface area contributed by atoms with Gasteiger partial charge in [0.2, 0.25) is 0 Å². The Morgan fingerprint density at radius 2 is 1.84 bits per heavy atom. The van der Waals surface area contributed by atoms with Gasteiger partial charge in [0.15, 0.2) is 0 Å². The van der Waals surface area contributed by atoms with Gasteiger partial charge < -0.3 is 14.4 Å². The molecule has 0 bridgehead atoms. The van der Waals surface area contributed by atoms with Crippen molar-refractivity contribution in [1.29, 1.82) is 0 Å². The molecule has 1 amide bonds. The van der Waals surface area contributed by atoms with Gasteiger partial charge in [-0.1, -0.05) is 24.3 Å². The molecule has 128 valence electrons. The lowest BCUT2D eigenvalue weighted by Crippen LogP contribution is -2.30. The molecule has 0 aliphatic heterocycles. The first-order valence-corrected chi connectivity index (χ1v) is 8.72. The van der Waals surface area contributed by atoms with Gasteiger partial charge in [-0.15, -0.1) is 11.3 Å². The molecule has 0 N–H and O–H groups in total. The van der Waals surface area contributed by atoms with Crippen LogP contribution in [-0.4, -0.2) is 20.1 Å². The SMILES string of the molecule is COc1cccc(N(Cc2cccs2)C(=O)c2ccccc2OC)c1. The van der Waals surface area contributed by atoms with E-state index >= 15 is 0 Å². The molecule has 0 saturated heterocycles. The van der Waals surface area contributed by atoms with Crippen LogP contribution in [0.2, 0.25) is 0 Å². The molecule has 1 heterocycles. The summed E-state index contributed by atoms with van der Waals surface area (Å²) in [7, 11) is 3.19. The first-order chi connectivity index (χ1) is 12.2. The lowest BCUT2D eigenvalue weighted by atomic mass is 10.1. The van der Waals surface area contributed by atoms with Gasteiger partial charge in [0, 0.05) is 16.6 Å². The number of hydrogen-bond acceptors (Lipinski definition) is 4. The fourth-order valence-corrected chi connectivity index (χ4v) is 3.28. The summed E-state index contributed by atoms with van der Waals surface area (Å²) < 4.78 is 10.7. The minimum absolute atomic E-state index is 0.112. The first kappa shape index (κ1) is 17.0. The van der Waals surface area contributed by atoms with Crippen LogP contribution < -0.4 is 14.4 Å². The molecular weight excluding hydrogens is 334 g/mol. The predicted octanol–water partition coefficient (Wildman–Crippen LogP) is 4.61. The number of rotatable bonds is 6. The van der Waals surface area contributed by atoms with Gasteiger partial charge in [0.05, 0.1) is 26.3 Å². The van der Waals surface area contributed by atoms with Crippen LogP contribution in [0.4, 0.5) is 5.69 Å². The molecule has 25 heavy (non-hydrogen) atoms. The Balaban J connectivity index is 2.02. The van der Waals surface area contributed by atoms with Crippen LogP contribution in [0, 0.1) is 0 Å². The lowest BCUT2D eigenvalue weighted by molar-refractivity contribution is 0.0982. The minimum atomic E-state index is -0.112. The molecule has 1 aromatic heterocycles. The second-order valence-electron chi connectivity index (χ2n) is 5.37. The molecule has 3 rings (SSSR count). The van der Waals surface area contributed by atoms with Gasteiger partial charge in [0.1, 0.15) is 11.5 Å². The summed E-state index contributed by atoms with van der Waals surface area (Å²) in [5.41, 5.74) is 1.31. The van der Waals surface area contributed by atoms with Crippen LogP contribution in [0.15, 0.2) is 66.0 Å². The first-order valence-electron chi connectivity index (χ1n) is 7.84. The molecule has 0 spiro atoms. The quantitative estimate of drug-likeness (QED) is 0.649. The van der Waals surface area contributed by atoms with Crippen LogP contribution in [0.1, 0.15) is 15.2 Å². The Hall–Kier alpha value is -2.79. The molecule has 0 fully saturated rings. The van der Waals surface area contributed by atoms with Crippen molar-refractivity contribution in [3.63, 3.8) is 0 Å². The number of carbonyl (C=O) groups is 1. The van der Waals surface area contributed by atoms with E-state index in [-0.39, 0.29) is 5.91 Å². The molecule has 0 saturated carbocycles. The Kier molecular flexibility index (Phi) is 5.36. The summed E-state index contributed by atoms with van der Waals surface area (Å²) in [6, 6.07) is 18.8. The second-order valence-corrected chi connectivity index (χ2v) is 6.40. The summed E-state index contributed by atoms with van der Waals surface area (Å²) in [6.07, 6.45) is 0. The number of anilines is 1. The Morgan fingerprint density at radius 3 is 2.56 bits per heavy atom. The van der Waals surface area contributed by atoms with E-state index in [1.807, 2.05) is 53.9 Å². The van der Waals surface area contributed by atoms with Crippen molar-refractivity contribution in [2.45, 2.75) is 6.54 Å². The van der Waals surface area contributed by atoms with E-state index in [1.54, 1.807) is 42.6 Å². The third kappa shape index (κ3) is 3.83. The van der Waals surface area contributed by atoms with Crippen molar-refractivity contribution < 1.29 is 14.3 Å². The van der Waals surface area contributed by atoms with E-state index in [4.69, 9.17) is 9.47 Å². The summed E-state index contributed by atoms with van der Waals surface area (Å²) in [6.45, 7) is 0.488. The number of ether oxygens (including phenoxy) is 2. The van der Waals surface area contributed by atoms with Crippen molar-refractivity contribution in [2.75, 3.05) is 19.1 Å². The van der Waals surface area contributed by atoms with E-state index in [1.165, 1.54) is 0 Å².